The van der Waals surface area contributed by atoms with Crippen molar-refractivity contribution in [2.24, 2.45) is 0 Å². The number of amides is 1. The third-order valence-corrected chi connectivity index (χ3v) is 8.21. The van der Waals surface area contributed by atoms with Crippen molar-refractivity contribution in [2.75, 3.05) is 24.5 Å². The van der Waals surface area contributed by atoms with Crippen molar-refractivity contribution in [1.29, 1.82) is 0 Å². The second-order valence-electron chi connectivity index (χ2n) is 11.0. The van der Waals surface area contributed by atoms with Gasteiger partial charge in [0.05, 0.1) is 39.2 Å². The number of pyridine rings is 2. The molecule has 1 unspecified atom stereocenters. The Morgan fingerprint density at radius 3 is 2.72 bits per heavy atom. The van der Waals surface area contributed by atoms with Crippen LogP contribution in [0.3, 0.4) is 0 Å². The number of nitrogens with zero attached hydrogens (tertiary/aromatic N) is 7. The number of rotatable bonds is 5. The fraction of sp³-hybridized carbons (Fsp3) is 0.290. The third-order valence-electron chi connectivity index (χ3n) is 7.92. The van der Waals surface area contributed by atoms with E-state index in [1.807, 2.05) is 38.7 Å². The van der Waals surface area contributed by atoms with Crippen molar-refractivity contribution in [1.82, 2.24) is 34.6 Å². The van der Waals surface area contributed by atoms with Gasteiger partial charge in [0, 0.05) is 42.8 Å². The van der Waals surface area contributed by atoms with E-state index in [0.717, 1.165) is 5.56 Å². The number of nitrogens with one attached hydrogen (secondary N) is 1. The van der Waals surface area contributed by atoms with Crippen molar-refractivity contribution in [3.05, 3.63) is 81.9 Å². The van der Waals surface area contributed by atoms with Crippen LogP contribution in [0.15, 0.2) is 54.1 Å². The van der Waals surface area contributed by atoms with Gasteiger partial charge in [-0.05, 0) is 55.7 Å². The maximum Gasteiger partial charge on any atom is 0.355 e. The monoisotopic (exact) mass is 600 g/mol. The average molecular weight is 601 g/mol. The van der Waals surface area contributed by atoms with E-state index in [1.165, 1.54) is 22.9 Å². The summed E-state index contributed by atoms with van der Waals surface area (Å²) < 4.78 is 16.9. The molecule has 0 saturated carbocycles. The van der Waals surface area contributed by atoms with Gasteiger partial charge in [-0.1, -0.05) is 32.0 Å². The summed E-state index contributed by atoms with van der Waals surface area (Å²) in [4.78, 5) is 44.2. The number of H-pyrrole nitrogens is 1. The molecule has 5 aromatic rings. The number of halogens is 2. The lowest BCUT2D eigenvalue weighted by molar-refractivity contribution is -0.126. The van der Waals surface area contributed by atoms with E-state index >= 15 is 4.39 Å². The number of aromatic nitrogens is 6. The molecule has 10 nitrogen and oxygen atoms in total. The first kappa shape index (κ1) is 28.5. The van der Waals surface area contributed by atoms with E-state index in [1.54, 1.807) is 23.2 Å². The Hall–Kier alpha value is -4.64. The zero-order valence-corrected chi connectivity index (χ0v) is 25.0. The summed E-state index contributed by atoms with van der Waals surface area (Å²) in [5.41, 5.74) is 2.76. The number of piperazine rings is 1. The van der Waals surface area contributed by atoms with Crippen molar-refractivity contribution in [3.8, 4) is 16.9 Å². The Balaban J connectivity index is 1.67. The van der Waals surface area contributed by atoms with Crippen LogP contribution in [-0.2, 0) is 4.79 Å². The van der Waals surface area contributed by atoms with E-state index in [0.29, 0.717) is 53.1 Å². The highest BCUT2D eigenvalue weighted by Crippen LogP contribution is 2.38. The first-order chi connectivity index (χ1) is 20.6. The number of carbonyl (C=O) groups is 1. The largest absolute Gasteiger partial charge is 0.355 e. The standard InChI is InChI=1S/C31H30ClFN8O2/c1-6-24(42)39-11-12-40(18(5)15-39)29-19-13-21(32)27(25-20-14-35-38-23(20)8-7-22(25)33)36-30(19)41(31(43)37-29)28-17(4)9-10-34-26(28)16(2)3/h6-10,13-14,16,18H,1,11-12,15H2,2-5H3,(H,35,38). The summed E-state index contributed by atoms with van der Waals surface area (Å²) >= 11 is 6.89. The molecule has 5 heterocycles. The SMILES string of the molecule is C=CC(=O)N1CCN(c2nc(=O)n(-c3c(C)ccnc3C(C)C)c3nc(-c4c(F)ccc5[nH]ncc45)c(Cl)cc23)C(C)C1. The molecule has 4 aromatic heterocycles. The molecule has 0 spiro atoms. The van der Waals surface area contributed by atoms with Gasteiger partial charge < -0.3 is 9.80 Å². The third kappa shape index (κ3) is 4.73. The number of aryl methyl sites for hydroxylation is 1. The van der Waals surface area contributed by atoms with Crippen LogP contribution in [0, 0.1) is 12.7 Å². The second kappa shape index (κ2) is 10.9. The van der Waals surface area contributed by atoms with Crippen molar-refractivity contribution >= 4 is 45.3 Å². The first-order valence-corrected chi connectivity index (χ1v) is 14.4. The summed E-state index contributed by atoms with van der Waals surface area (Å²) in [5, 5.41) is 8.14. The average Bonchev–Trinajstić information content (AvgIpc) is 3.46. The molecule has 1 amide bonds. The Morgan fingerprint density at radius 1 is 1.21 bits per heavy atom. The predicted molar refractivity (Wildman–Crippen MR) is 165 cm³/mol. The number of fused-ring (bicyclic) bond motifs is 2. The van der Waals surface area contributed by atoms with Gasteiger partial charge in [0.25, 0.3) is 0 Å². The summed E-state index contributed by atoms with van der Waals surface area (Å²) in [5.74, 6) is -0.304. The molecule has 1 aromatic carbocycles. The van der Waals surface area contributed by atoms with Crippen LogP contribution >= 0.6 is 11.6 Å². The van der Waals surface area contributed by atoms with E-state index in [4.69, 9.17) is 16.6 Å². The van der Waals surface area contributed by atoms with Crippen LogP contribution in [0.2, 0.25) is 5.02 Å². The topological polar surface area (TPSA) is 113 Å². The lowest BCUT2D eigenvalue weighted by Crippen LogP contribution is -2.54. The molecule has 6 rings (SSSR count). The first-order valence-electron chi connectivity index (χ1n) is 14.0. The molecular formula is C31H30ClFN8O2. The fourth-order valence-corrected chi connectivity index (χ4v) is 6.07. The van der Waals surface area contributed by atoms with Crippen LogP contribution < -0.4 is 10.6 Å². The quantitative estimate of drug-likeness (QED) is 0.277. The van der Waals surface area contributed by atoms with Gasteiger partial charge in [0.1, 0.15) is 11.6 Å². The zero-order chi connectivity index (χ0) is 30.6. The lowest BCUT2D eigenvalue weighted by Gasteiger charge is -2.40. The molecule has 0 aliphatic carbocycles. The molecule has 0 radical (unpaired) electrons. The molecule has 1 fully saturated rings. The highest BCUT2D eigenvalue weighted by Gasteiger charge is 2.31. The van der Waals surface area contributed by atoms with Crippen LogP contribution in [0.5, 0.6) is 0 Å². The molecule has 1 saturated heterocycles. The minimum atomic E-state index is -0.555. The van der Waals surface area contributed by atoms with E-state index in [-0.39, 0.29) is 39.8 Å². The van der Waals surface area contributed by atoms with Gasteiger partial charge in [-0.15, -0.1) is 0 Å². The van der Waals surface area contributed by atoms with E-state index < -0.39 is 11.5 Å². The predicted octanol–water partition coefficient (Wildman–Crippen LogP) is 5.17. The van der Waals surface area contributed by atoms with Crippen molar-refractivity contribution in [3.63, 3.8) is 0 Å². The number of benzene rings is 1. The van der Waals surface area contributed by atoms with Gasteiger partial charge in [0.2, 0.25) is 5.91 Å². The van der Waals surface area contributed by atoms with Gasteiger partial charge in [0.15, 0.2) is 5.65 Å². The number of carbonyl (C=O) groups excluding carboxylic acids is 1. The summed E-state index contributed by atoms with van der Waals surface area (Å²) in [6.07, 6.45) is 4.53. The zero-order valence-electron chi connectivity index (χ0n) is 24.2. The Bertz CT molecular complexity index is 1980. The normalized spacial score (nSPS) is 15.6. The maximum absolute atomic E-state index is 15.5. The van der Waals surface area contributed by atoms with Gasteiger partial charge >= 0.3 is 5.69 Å². The molecule has 1 aliphatic rings. The maximum atomic E-state index is 15.5. The number of aromatic amines is 1. The van der Waals surface area contributed by atoms with Crippen LogP contribution in [0.25, 0.3) is 38.9 Å². The number of hydrogen-bond donors (Lipinski definition) is 1. The highest BCUT2D eigenvalue weighted by molar-refractivity contribution is 6.34. The van der Waals surface area contributed by atoms with E-state index in [9.17, 15) is 9.59 Å². The second-order valence-corrected chi connectivity index (χ2v) is 11.5. The van der Waals surface area contributed by atoms with Crippen LogP contribution in [0.4, 0.5) is 10.2 Å². The molecular weight excluding hydrogens is 571 g/mol. The Morgan fingerprint density at radius 2 is 2.00 bits per heavy atom. The number of hydrogen-bond acceptors (Lipinski definition) is 7. The van der Waals surface area contributed by atoms with Crippen LogP contribution in [0.1, 0.15) is 37.9 Å². The number of anilines is 1. The molecule has 0 bridgehead atoms. The highest BCUT2D eigenvalue weighted by atomic mass is 35.5. The lowest BCUT2D eigenvalue weighted by atomic mass is 10.0. The van der Waals surface area contributed by atoms with Gasteiger partial charge in [-0.3, -0.25) is 14.9 Å². The Labute approximate surface area is 251 Å². The van der Waals surface area contributed by atoms with Crippen molar-refractivity contribution < 1.29 is 9.18 Å². The summed E-state index contributed by atoms with van der Waals surface area (Å²) in [6, 6.07) is 6.26. The molecule has 220 valence electrons. The molecule has 1 N–H and O–H groups in total. The minimum absolute atomic E-state index is 0.0177. The fourth-order valence-electron chi connectivity index (χ4n) is 5.82. The van der Waals surface area contributed by atoms with Crippen LogP contribution in [-0.4, -0.2) is 66.2 Å². The molecule has 43 heavy (non-hydrogen) atoms. The molecule has 12 heteroatoms. The minimum Gasteiger partial charge on any atom is -0.350 e. The Kier molecular flexibility index (Phi) is 7.21. The molecule has 1 aliphatic heterocycles. The summed E-state index contributed by atoms with van der Waals surface area (Å²) in [6.45, 7) is 12.7. The van der Waals surface area contributed by atoms with Gasteiger partial charge in [-0.2, -0.15) is 10.1 Å². The molecule has 1 atom stereocenters. The smallest absolute Gasteiger partial charge is 0.350 e. The van der Waals surface area contributed by atoms with E-state index in [2.05, 4.69) is 26.7 Å². The van der Waals surface area contributed by atoms with Gasteiger partial charge in [-0.25, -0.2) is 18.7 Å². The van der Waals surface area contributed by atoms with Crippen molar-refractivity contribution in [2.45, 2.75) is 39.7 Å². The summed E-state index contributed by atoms with van der Waals surface area (Å²) in [7, 11) is 0.